The molecule has 24 heavy (non-hydrogen) atoms. The van der Waals surface area contributed by atoms with E-state index in [1.54, 1.807) is 0 Å². The highest BCUT2D eigenvalue weighted by atomic mass is 16.5. The summed E-state index contributed by atoms with van der Waals surface area (Å²) in [6, 6.07) is 17.1. The smallest absolute Gasteiger partial charge is 0.254 e. The van der Waals surface area contributed by atoms with Gasteiger partial charge in [0.25, 0.3) is 5.91 Å². The van der Waals surface area contributed by atoms with Crippen LogP contribution >= 0.6 is 0 Å². The van der Waals surface area contributed by atoms with E-state index in [-0.39, 0.29) is 18.1 Å². The summed E-state index contributed by atoms with van der Waals surface area (Å²) in [4.78, 5) is 14.7. The molecular weight excluding hydrogens is 302 g/mol. The fourth-order valence-corrected chi connectivity index (χ4v) is 2.89. The highest BCUT2D eigenvalue weighted by Gasteiger charge is 2.29. The van der Waals surface area contributed by atoms with Crippen LogP contribution in [-0.2, 0) is 4.74 Å². The summed E-state index contributed by atoms with van der Waals surface area (Å²) in [5.41, 5.74) is 0.683. The number of carbonyl (C=O) groups is 1. The molecule has 0 aliphatic carbocycles. The molecule has 0 spiro atoms. The molecule has 0 radical (unpaired) electrons. The van der Waals surface area contributed by atoms with Crippen LogP contribution in [0.25, 0.3) is 0 Å². The van der Waals surface area contributed by atoms with Crippen molar-refractivity contribution in [3.63, 3.8) is 0 Å². The summed E-state index contributed by atoms with van der Waals surface area (Å²) < 4.78 is 11.4. The van der Waals surface area contributed by atoms with Crippen molar-refractivity contribution < 1.29 is 14.3 Å². The van der Waals surface area contributed by atoms with Crippen LogP contribution in [0.2, 0.25) is 0 Å². The first-order valence-electron chi connectivity index (χ1n) is 8.43. The van der Waals surface area contributed by atoms with Crippen LogP contribution in [0.15, 0.2) is 54.6 Å². The Morgan fingerprint density at radius 3 is 2.46 bits per heavy atom. The maximum Gasteiger partial charge on any atom is 0.254 e. The van der Waals surface area contributed by atoms with Gasteiger partial charge < -0.3 is 14.4 Å². The van der Waals surface area contributed by atoms with Gasteiger partial charge in [0.1, 0.15) is 11.5 Å². The Morgan fingerprint density at radius 2 is 1.79 bits per heavy atom. The maximum atomic E-state index is 12.8. The monoisotopic (exact) mass is 325 g/mol. The number of amides is 1. The summed E-state index contributed by atoms with van der Waals surface area (Å²) in [5.74, 6) is 1.56. The van der Waals surface area contributed by atoms with Gasteiger partial charge >= 0.3 is 0 Å². The van der Waals surface area contributed by atoms with Crippen LogP contribution in [0, 0.1) is 0 Å². The van der Waals surface area contributed by atoms with E-state index in [4.69, 9.17) is 9.47 Å². The second-order valence-electron chi connectivity index (χ2n) is 6.10. The number of benzene rings is 2. The molecule has 2 atom stereocenters. The Hall–Kier alpha value is -2.33. The van der Waals surface area contributed by atoms with E-state index >= 15 is 0 Å². The number of nitrogens with zero attached hydrogens (tertiary/aromatic N) is 1. The normalized spacial score (nSPS) is 20.7. The Kier molecular flexibility index (Phi) is 5.16. The third-order valence-electron chi connectivity index (χ3n) is 4.28. The van der Waals surface area contributed by atoms with Gasteiger partial charge in [0.15, 0.2) is 0 Å². The molecule has 2 aromatic carbocycles. The highest BCUT2D eigenvalue weighted by molar-refractivity contribution is 5.94. The van der Waals surface area contributed by atoms with Gasteiger partial charge in [0.2, 0.25) is 0 Å². The molecular formula is C20H23NO3. The molecule has 0 unspecified atom stereocenters. The molecule has 1 amide bonds. The molecule has 3 rings (SSSR count). The number of para-hydroxylation sites is 1. The van der Waals surface area contributed by atoms with Gasteiger partial charge in [-0.05, 0) is 49.7 Å². The predicted molar refractivity (Wildman–Crippen MR) is 93.5 cm³/mol. The van der Waals surface area contributed by atoms with E-state index < -0.39 is 0 Å². The van der Waals surface area contributed by atoms with Gasteiger partial charge in [-0.2, -0.15) is 0 Å². The molecule has 4 heteroatoms. The van der Waals surface area contributed by atoms with Gasteiger partial charge in [-0.1, -0.05) is 25.1 Å². The molecule has 0 bridgehead atoms. The van der Waals surface area contributed by atoms with Crippen molar-refractivity contribution in [1.82, 2.24) is 4.90 Å². The first kappa shape index (κ1) is 16.5. The van der Waals surface area contributed by atoms with Gasteiger partial charge in [-0.25, -0.2) is 0 Å². The van der Waals surface area contributed by atoms with Crippen molar-refractivity contribution in [1.29, 1.82) is 0 Å². The molecule has 1 fully saturated rings. The summed E-state index contributed by atoms with van der Waals surface area (Å²) in [7, 11) is 0. The minimum atomic E-state index is 0.0586. The minimum Gasteiger partial charge on any atom is -0.457 e. The van der Waals surface area contributed by atoms with Crippen LogP contribution < -0.4 is 4.74 Å². The topological polar surface area (TPSA) is 38.8 Å². The second-order valence-corrected chi connectivity index (χ2v) is 6.10. The van der Waals surface area contributed by atoms with Crippen molar-refractivity contribution in [3.8, 4) is 11.5 Å². The molecule has 0 saturated carbocycles. The quantitative estimate of drug-likeness (QED) is 0.849. The SMILES string of the molecule is CC[C@@H]1CO[C@H](C)CN1C(=O)c1ccc(Oc2ccccc2)cc1. The van der Waals surface area contributed by atoms with Crippen LogP contribution in [0.1, 0.15) is 30.6 Å². The Morgan fingerprint density at radius 1 is 1.12 bits per heavy atom. The zero-order valence-electron chi connectivity index (χ0n) is 14.1. The molecule has 0 aromatic heterocycles. The maximum absolute atomic E-state index is 12.8. The van der Waals surface area contributed by atoms with Gasteiger partial charge in [0, 0.05) is 12.1 Å². The third-order valence-corrected chi connectivity index (χ3v) is 4.28. The van der Waals surface area contributed by atoms with Crippen molar-refractivity contribution >= 4 is 5.91 Å². The van der Waals surface area contributed by atoms with E-state index in [0.29, 0.717) is 18.7 Å². The lowest BCUT2D eigenvalue weighted by Gasteiger charge is -2.38. The molecule has 0 N–H and O–H groups in total. The van der Waals surface area contributed by atoms with Crippen LogP contribution in [0.3, 0.4) is 0 Å². The van der Waals surface area contributed by atoms with E-state index in [0.717, 1.165) is 17.9 Å². The van der Waals surface area contributed by atoms with Gasteiger partial charge in [0.05, 0.1) is 18.8 Å². The fraction of sp³-hybridized carbons (Fsp3) is 0.350. The Balaban J connectivity index is 1.71. The fourth-order valence-electron chi connectivity index (χ4n) is 2.89. The van der Waals surface area contributed by atoms with E-state index in [1.807, 2.05) is 66.4 Å². The summed E-state index contributed by atoms with van der Waals surface area (Å²) in [6.45, 7) is 5.34. The van der Waals surface area contributed by atoms with E-state index in [9.17, 15) is 4.79 Å². The zero-order chi connectivity index (χ0) is 16.9. The summed E-state index contributed by atoms with van der Waals surface area (Å²) in [5, 5.41) is 0. The highest BCUT2D eigenvalue weighted by Crippen LogP contribution is 2.23. The first-order chi connectivity index (χ1) is 11.7. The average molecular weight is 325 g/mol. The van der Waals surface area contributed by atoms with Crippen LogP contribution in [0.5, 0.6) is 11.5 Å². The first-order valence-corrected chi connectivity index (χ1v) is 8.43. The number of morpholine rings is 1. The van der Waals surface area contributed by atoms with Gasteiger partial charge in [-0.15, -0.1) is 0 Å². The number of ether oxygens (including phenoxy) is 2. The lowest BCUT2D eigenvalue weighted by Crippen LogP contribution is -2.51. The predicted octanol–water partition coefficient (Wildman–Crippen LogP) is 4.12. The summed E-state index contributed by atoms with van der Waals surface area (Å²) >= 11 is 0. The van der Waals surface area contributed by atoms with Crippen molar-refractivity contribution in [3.05, 3.63) is 60.2 Å². The molecule has 126 valence electrons. The minimum absolute atomic E-state index is 0.0586. The van der Waals surface area contributed by atoms with Gasteiger partial charge in [-0.3, -0.25) is 4.79 Å². The molecule has 1 aliphatic heterocycles. The van der Waals surface area contributed by atoms with Crippen molar-refractivity contribution in [2.75, 3.05) is 13.2 Å². The molecule has 1 saturated heterocycles. The lowest BCUT2D eigenvalue weighted by molar-refractivity contribution is -0.0444. The number of carbonyl (C=O) groups excluding carboxylic acids is 1. The number of hydrogen-bond acceptors (Lipinski definition) is 3. The average Bonchev–Trinajstić information content (AvgIpc) is 2.62. The Labute approximate surface area is 143 Å². The number of hydrogen-bond donors (Lipinski definition) is 0. The molecule has 2 aromatic rings. The van der Waals surface area contributed by atoms with E-state index in [2.05, 4.69) is 6.92 Å². The second kappa shape index (κ2) is 7.49. The number of rotatable bonds is 4. The lowest BCUT2D eigenvalue weighted by atomic mass is 10.1. The zero-order valence-corrected chi connectivity index (χ0v) is 14.1. The molecule has 1 heterocycles. The van der Waals surface area contributed by atoms with Crippen LogP contribution in [0.4, 0.5) is 0 Å². The standard InChI is InChI=1S/C20H23NO3/c1-3-17-14-23-15(2)13-21(17)20(22)16-9-11-19(12-10-16)24-18-7-5-4-6-8-18/h4-12,15,17H,3,13-14H2,1-2H3/t15-,17-/m1/s1. The third kappa shape index (κ3) is 3.77. The van der Waals surface area contributed by atoms with Crippen LogP contribution in [-0.4, -0.2) is 36.1 Å². The largest absolute Gasteiger partial charge is 0.457 e. The van der Waals surface area contributed by atoms with Crippen molar-refractivity contribution in [2.45, 2.75) is 32.4 Å². The molecule has 1 aliphatic rings. The van der Waals surface area contributed by atoms with E-state index in [1.165, 1.54) is 0 Å². The summed E-state index contributed by atoms with van der Waals surface area (Å²) in [6.07, 6.45) is 0.977. The molecule has 4 nitrogen and oxygen atoms in total. The Bertz CT molecular complexity index is 669. The van der Waals surface area contributed by atoms with Crippen molar-refractivity contribution in [2.24, 2.45) is 0 Å².